The lowest BCUT2D eigenvalue weighted by molar-refractivity contribution is 0.448. The first-order chi connectivity index (χ1) is 5.27. The summed E-state index contributed by atoms with van der Waals surface area (Å²) in [4.78, 5) is 13.4. The van der Waals surface area contributed by atoms with Crippen LogP contribution in [-0.4, -0.2) is 17.3 Å². The Kier molecular flexibility index (Phi) is 3.28. The van der Waals surface area contributed by atoms with Gasteiger partial charge in [0, 0.05) is 0 Å². The van der Waals surface area contributed by atoms with Gasteiger partial charge < -0.3 is 0 Å². The van der Waals surface area contributed by atoms with E-state index in [1.807, 2.05) is 20.8 Å². The molecular weight excluding hydrogens is 154 g/mol. The molecular formula is C8H15N3O. The topological polar surface area (TPSA) is 54.1 Å². The highest BCUT2D eigenvalue weighted by Gasteiger charge is 2.16. The minimum Gasteiger partial charge on any atom is -0.211 e. The van der Waals surface area contributed by atoms with E-state index in [2.05, 4.69) is 15.2 Å². The number of isocyanates is 1. The van der Waals surface area contributed by atoms with Crippen LogP contribution in [0.15, 0.2) is 15.2 Å². The van der Waals surface area contributed by atoms with Crippen LogP contribution in [0.25, 0.3) is 0 Å². The average Bonchev–Trinajstić information content (AvgIpc) is 1.83. The zero-order chi connectivity index (χ0) is 9.83. The average molecular weight is 169 g/mol. The molecule has 4 nitrogen and oxygen atoms in total. The molecule has 0 aliphatic heterocycles. The highest BCUT2D eigenvalue weighted by molar-refractivity contribution is 5.34. The summed E-state index contributed by atoms with van der Waals surface area (Å²) in [5, 5.41) is 7.91. The predicted molar refractivity (Wildman–Crippen MR) is 46.8 cm³/mol. The maximum atomic E-state index is 9.95. The summed E-state index contributed by atoms with van der Waals surface area (Å²) in [5.41, 5.74) is -1.01. The Labute approximate surface area is 72.8 Å². The molecule has 0 bridgehead atoms. The molecule has 0 rings (SSSR count). The molecule has 0 amide bonds. The van der Waals surface area contributed by atoms with Gasteiger partial charge in [0.25, 0.3) is 0 Å². The fraction of sp³-hybridized carbons (Fsp3) is 0.875. The third kappa shape index (κ3) is 5.74. The van der Waals surface area contributed by atoms with Gasteiger partial charge in [-0.25, -0.2) is 4.79 Å². The summed E-state index contributed by atoms with van der Waals surface area (Å²) in [6, 6.07) is 0. The Hall–Kier alpha value is -1.02. The third-order valence-corrected chi connectivity index (χ3v) is 0.914. The number of carbonyl (C=O) groups excluding carboxylic acids is 1. The maximum Gasteiger partial charge on any atom is 0.237 e. The molecule has 0 aromatic rings. The Morgan fingerprint density at radius 3 is 1.83 bits per heavy atom. The number of hydrogen-bond acceptors (Lipinski definition) is 4. The Morgan fingerprint density at radius 1 is 1.00 bits per heavy atom. The second-order valence-electron chi connectivity index (χ2n) is 4.07. The minimum absolute atomic E-state index is 0.227. The first-order valence-electron chi connectivity index (χ1n) is 3.80. The number of aliphatic imine (C=N–C) groups is 1. The van der Waals surface area contributed by atoms with Crippen molar-refractivity contribution in [1.82, 2.24) is 0 Å². The molecule has 0 heterocycles. The second kappa shape index (κ2) is 3.59. The van der Waals surface area contributed by atoms with Crippen molar-refractivity contribution in [2.75, 3.05) is 0 Å². The highest BCUT2D eigenvalue weighted by atomic mass is 16.1. The van der Waals surface area contributed by atoms with E-state index < -0.39 is 5.66 Å². The van der Waals surface area contributed by atoms with Crippen LogP contribution in [-0.2, 0) is 4.79 Å². The fourth-order valence-corrected chi connectivity index (χ4v) is 0.406. The summed E-state index contributed by atoms with van der Waals surface area (Å²) in [6.07, 6.45) is 1.47. The van der Waals surface area contributed by atoms with Gasteiger partial charge in [-0.05, 0) is 34.6 Å². The lowest BCUT2D eigenvalue weighted by Gasteiger charge is -2.14. The van der Waals surface area contributed by atoms with E-state index in [0.29, 0.717) is 0 Å². The second-order valence-corrected chi connectivity index (χ2v) is 4.07. The van der Waals surface area contributed by atoms with Crippen molar-refractivity contribution in [3.05, 3.63) is 0 Å². The van der Waals surface area contributed by atoms with Gasteiger partial charge in [-0.3, -0.25) is 0 Å². The normalized spacial score (nSPS) is 13.1. The molecule has 0 aliphatic rings. The van der Waals surface area contributed by atoms with Gasteiger partial charge in [-0.1, -0.05) is 0 Å². The van der Waals surface area contributed by atoms with Crippen molar-refractivity contribution in [1.29, 1.82) is 0 Å². The molecule has 12 heavy (non-hydrogen) atoms. The van der Waals surface area contributed by atoms with Gasteiger partial charge in [0.15, 0.2) is 5.66 Å². The summed E-state index contributed by atoms with van der Waals surface area (Å²) < 4.78 is 0. The maximum absolute atomic E-state index is 9.95. The van der Waals surface area contributed by atoms with Crippen LogP contribution in [0.2, 0.25) is 0 Å². The van der Waals surface area contributed by atoms with E-state index in [0.717, 1.165) is 0 Å². The number of hydrogen-bond donors (Lipinski definition) is 0. The van der Waals surface area contributed by atoms with Gasteiger partial charge in [0.1, 0.15) is 0 Å². The molecule has 0 saturated heterocycles. The van der Waals surface area contributed by atoms with E-state index in [-0.39, 0.29) is 5.54 Å². The number of nitrogens with zero attached hydrogens (tertiary/aromatic N) is 3. The van der Waals surface area contributed by atoms with Gasteiger partial charge in [-0.2, -0.15) is 15.2 Å². The number of rotatable bonds is 2. The smallest absolute Gasteiger partial charge is 0.211 e. The lowest BCUT2D eigenvalue weighted by atomic mass is 10.1. The molecule has 0 atom stereocenters. The van der Waals surface area contributed by atoms with E-state index in [1.54, 1.807) is 13.8 Å². The van der Waals surface area contributed by atoms with E-state index >= 15 is 0 Å². The van der Waals surface area contributed by atoms with Gasteiger partial charge in [-0.15, -0.1) is 0 Å². The van der Waals surface area contributed by atoms with Gasteiger partial charge in [0.2, 0.25) is 6.08 Å². The van der Waals surface area contributed by atoms with Gasteiger partial charge in [0.05, 0.1) is 5.54 Å². The van der Waals surface area contributed by atoms with Crippen molar-refractivity contribution in [2.24, 2.45) is 15.2 Å². The molecule has 0 N–H and O–H groups in total. The van der Waals surface area contributed by atoms with Crippen LogP contribution in [0.3, 0.4) is 0 Å². The first kappa shape index (κ1) is 11.0. The van der Waals surface area contributed by atoms with Crippen LogP contribution in [0.5, 0.6) is 0 Å². The SMILES string of the molecule is CC(C)(C)/N=N/C(C)(C)N=C=O. The standard InChI is InChI=1S/C8H15N3O/c1-7(2,3)10-11-8(4,5)9-6-12/h1-5H3/b11-10+. The Balaban J connectivity index is 4.43. The van der Waals surface area contributed by atoms with Gasteiger partial charge >= 0.3 is 0 Å². The first-order valence-corrected chi connectivity index (χ1v) is 3.80. The predicted octanol–water partition coefficient (Wildman–Crippen LogP) is 2.31. The molecule has 0 aromatic carbocycles. The van der Waals surface area contributed by atoms with Crippen molar-refractivity contribution in [2.45, 2.75) is 45.8 Å². The van der Waals surface area contributed by atoms with Crippen molar-refractivity contribution in [3.8, 4) is 0 Å². The largest absolute Gasteiger partial charge is 0.237 e. The third-order valence-electron chi connectivity index (χ3n) is 0.914. The molecule has 0 aliphatic carbocycles. The van der Waals surface area contributed by atoms with Crippen LogP contribution in [0.1, 0.15) is 34.6 Å². The molecule has 0 spiro atoms. The fourth-order valence-electron chi connectivity index (χ4n) is 0.406. The Bertz CT molecular complexity index is 219. The minimum atomic E-state index is -0.783. The summed E-state index contributed by atoms with van der Waals surface area (Å²) >= 11 is 0. The van der Waals surface area contributed by atoms with Crippen LogP contribution in [0.4, 0.5) is 0 Å². The zero-order valence-electron chi connectivity index (χ0n) is 8.25. The number of azo groups is 1. The monoisotopic (exact) mass is 169 g/mol. The van der Waals surface area contributed by atoms with E-state index in [4.69, 9.17) is 0 Å². The van der Waals surface area contributed by atoms with Crippen molar-refractivity contribution >= 4 is 6.08 Å². The Morgan fingerprint density at radius 2 is 1.50 bits per heavy atom. The molecule has 0 unspecified atom stereocenters. The molecule has 0 radical (unpaired) electrons. The van der Waals surface area contributed by atoms with Crippen molar-refractivity contribution < 1.29 is 4.79 Å². The molecule has 68 valence electrons. The molecule has 0 fully saturated rings. The summed E-state index contributed by atoms with van der Waals surface area (Å²) in [5.74, 6) is 0. The summed E-state index contributed by atoms with van der Waals surface area (Å²) in [7, 11) is 0. The van der Waals surface area contributed by atoms with Crippen LogP contribution >= 0.6 is 0 Å². The zero-order valence-corrected chi connectivity index (χ0v) is 8.25. The quantitative estimate of drug-likeness (QED) is 0.355. The van der Waals surface area contributed by atoms with E-state index in [1.165, 1.54) is 6.08 Å². The van der Waals surface area contributed by atoms with Crippen molar-refractivity contribution in [3.63, 3.8) is 0 Å². The molecule has 4 heteroatoms. The van der Waals surface area contributed by atoms with Crippen LogP contribution < -0.4 is 0 Å². The van der Waals surface area contributed by atoms with Crippen LogP contribution in [0, 0.1) is 0 Å². The summed E-state index contributed by atoms with van der Waals surface area (Å²) in [6.45, 7) is 9.19. The van der Waals surface area contributed by atoms with E-state index in [9.17, 15) is 4.79 Å². The lowest BCUT2D eigenvalue weighted by Crippen LogP contribution is -2.15. The molecule has 0 saturated carbocycles. The highest BCUT2D eigenvalue weighted by Crippen LogP contribution is 2.15. The molecule has 0 aromatic heterocycles.